The lowest BCUT2D eigenvalue weighted by Crippen LogP contribution is -2.51. The highest BCUT2D eigenvalue weighted by molar-refractivity contribution is 6.42. The van der Waals surface area contributed by atoms with Gasteiger partial charge in [-0.3, -0.25) is 4.79 Å². The van der Waals surface area contributed by atoms with Crippen molar-refractivity contribution in [2.24, 2.45) is 5.73 Å². The van der Waals surface area contributed by atoms with Gasteiger partial charge < -0.3 is 15.8 Å². The van der Waals surface area contributed by atoms with Crippen LogP contribution >= 0.6 is 23.2 Å². The molecule has 22 heavy (non-hydrogen) atoms. The van der Waals surface area contributed by atoms with Gasteiger partial charge in [-0.2, -0.15) is 0 Å². The van der Waals surface area contributed by atoms with Gasteiger partial charge in [0.2, 0.25) is 5.91 Å². The molecule has 1 aromatic carbocycles. The summed E-state index contributed by atoms with van der Waals surface area (Å²) in [6.07, 6.45) is 5.25. The molecule has 6 heteroatoms. The average molecular weight is 345 g/mol. The van der Waals surface area contributed by atoms with Gasteiger partial charge in [0, 0.05) is 13.0 Å². The Bertz CT molecular complexity index is 517. The van der Waals surface area contributed by atoms with Crippen LogP contribution in [0, 0.1) is 0 Å². The van der Waals surface area contributed by atoms with E-state index in [1.54, 1.807) is 18.2 Å². The zero-order chi connectivity index (χ0) is 16.0. The lowest BCUT2D eigenvalue weighted by Gasteiger charge is -2.28. The van der Waals surface area contributed by atoms with Crippen molar-refractivity contribution in [2.75, 3.05) is 13.2 Å². The monoisotopic (exact) mass is 344 g/mol. The molecule has 0 atom stereocenters. The molecule has 2 rings (SSSR count). The zero-order valence-corrected chi connectivity index (χ0v) is 14.1. The Labute approximate surface area is 141 Å². The molecule has 0 aromatic heterocycles. The summed E-state index contributed by atoms with van der Waals surface area (Å²) in [6, 6.07) is 5.25. The number of carbonyl (C=O) groups is 1. The fourth-order valence-corrected chi connectivity index (χ4v) is 3.15. The summed E-state index contributed by atoms with van der Waals surface area (Å²) in [5.41, 5.74) is 5.63. The number of ether oxygens (including phenoxy) is 1. The molecule has 0 aliphatic heterocycles. The molecular weight excluding hydrogens is 323 g/mol. The number of hydrogen-bond acceptors (Lipinski definition) is 3. The van der Waals surface area contributed by atoms with E-state index in [2.05, 4.69) is 5.32 Å². The van der Waals surface area contributed by atoms with Crippen LogP contribution in [-0.4, -0.2) is 24.6 Å². The molecule has 4 nitrogen and oxygen atoms in total. The van der Waals surface area contributed by atoms with E-state index < -0.39 is 0 Å². The van der Waals surface area contributed by atoms with Gasteiger partial charge in [-0.05, 0) is 31.4 Å². The predicted molar refractivity (Wildman–Crippen MR) is 89.6 cm³/mol. The summed E-state index contributed by atoms with van der Waals surface area (Å²) in [4.78, 5) is 12.0. The summed E-state index contributed by atoms with van der Waals surface area (Å²) in [5, 5.41) is 3.96. The minimum Gasteiger partial charge on any atom is -0.492 e. The minimum absolute atomic E-state index is 0.0353. The van der Waals surface area contributed by atoms with E-state index in [0.717, 1.165) is 25.7 Å². The molecule has 1 saturated carbocycles. The van der Waals surface area contributed by atoms with Crippen LogP contribution in [0.5, 0.6) is 5.75 Å². The second kappa shape index (κ2) is 8.04. The normalized spacial score (nSPS) is 16.5. The summed E-state index contributed by atoms with van der Waals surface area (Å²) in [6.45, 7) is 0.927. The summed E-state index contributed by atoms with van der Waals surface area (Å²) in [5.74, 6) is 0.580. The van der Waals surface area contributed by atoms with Gasteiger partial charge in [-0.1, -0.05) is 42.1 Å². The summed E-state index contributed by atoms with van der Waals surface area (Å²) >= 11 is 12.0. The van der Waals surface area contributed by atoms with Crippen molar-refractivity contribution in [3.8, 4) is 5.75 Å². The molecule has 1 fully saturated rings. The molecule has 0 bridgehead atoms. The van der Waals surface area contributed by atoms with Crippen molar-refractivity contribution in [3.05, 3.63) is 28.2 Å². The number of nitrogens with two attached hydrogens (primary N) is 1. The first-order chi connectivity index (χ1) is 10.6. The third kappa shape index (κ3) is 4.51. The highest BCUT2D eigenvalue weighted by atomic mass is 35.5. The Morgan fingerprint density at radius 2 is 2.05 bits per heavy atom. The van der Waals surface area contributed by atoms with Crippen molar-refractivity contribution in [2.45, 2.75) is 44.1 Å². The highest BCUT2D eigenvalue weighted by Gasteiger charge is 2.33. The van der Waals surface area contributed by atoms with E-state index in [4.69, 9.17) is 33.7 Å². The molecule has 1 amide bonds. The second-order valence-corrected chi connectivity index (χ2v) is 6.53. The quantitative estimate of drug-likeness (QED) is 0.743. The first kappa shape index (κ1) is 17.4. The van der Waals surface area contributed by atoms with Gasteiger partial charge >= 0.3 is 0 Å². The maximum Gasteiger partial charge on any atom is 0.220 e. The highest BCUT2D eigenvalue weighted by Crippen LogP contribution is 2.31. The Kier molecular flexibility index (Phi) is 6.36. The van der Waals surface area contributed by atoms with Gasteiger partial charge in [0.25, 0.3) is 0 Å². The van der Waals surface area contributed by atoms with E-state index in [-0.39, 0.29) is 11.4 Å². The Hall–Kier alpha value is -0.970. The standard InChI is InChI=1S/C16H22Cl2N2O2/c17-12-5-3-6-13(15(12)18)22-10-4-7-14(21)20-16(11-19)8-1-2-9-16/h3,5-6H,1-2,4,7-11,19H2,(H,20,21). The second-order valence-electron chi connectivity index (χ2n) is 5.74. The molecule has 0 unspecified atom stereocenters. The number of halogens is 2. The van der Waals surface area contributed by atoms with Crippen LogP contribution < -0.4 is 15.8 Å². The largest absolute Gasteiger partial charge is 0.492 e. The molecule has 0 radical (unpaired) electrons. The number of amides is 1. The van der Waals surface area contributed by atoms with Gasteiger partial charge in [0.15, 0.2) is 0 Å². The van der Waals surface area contributed by atoms with Crippen LogP contribution in [0.15, 0.2) is 18.2 Å². The number of carbonyl (C=O) groups excluding carboxylic acids is 1. The number of benzene rings is 1. The fraction of sp³-hybridized carbons (Fsp3) is 0.562. The third-order valence-corrected chi connectivity index (χ3v) is 4.88. The molecule has 1 aliphatic carbocycles. The topological polar surface area (TPSA) is 64.3 Å². The SMILES string of the molecule is NCC1(NC(=O)CCCOc2cccc(Cl)c2Cl)CCCC1. The molecule has 122 valence electrons. The Morgan fingerprint density at radius 1 is 1.32 bits per heavy atom. The number of nitrogens with one attached hydrogen (secondary N) is 1. The van der Waals surface area contributed by atoms with Crippen molar-refractivity contribution < 1.29 is 9.53 Å². The first-order valence-electron chi connectivity index (χ1n) is 7.64. The number of rotatable bonds is 7. The number of hydrogen-bond donors (Lipinski definition) is 2. The first-order valence-corrected chi connectivity index (χ1v) is 8.40. The van der Waals surface area contributed by atoms with Crippen LogP contribution in [-0.2, 0) is 4.79 Å². The third-order valence-electron chi connectivity index (χ3n) is 4.08. The van der Waals surface area contributed by atoms with E-state index >= 15 is 0 Å². The van der Waals surface area contributed by atoms with E-state index in [9.17, 15) is 4.79 Å². The molecular formula is C16H22Cl2N2O2. The lowest BCUT2D eigenvalue weighted by atomic mass is 9.97. The van der Waals surface area contributed by atoms with Crippen molar-refractivity contribution >= 4 is 29.1 Å². The smallest absolute Gasteiger partial charge is 0.220 e. The summed E-state index contributed by atoms with van der Waals surface area (Å²) < 4.78 is 5.57. The molecule has 0 spiro atoms. The maximum absolute atomic E-state index is 12.0. The maximum atomic E-state index is 12.0. The van der Waals surface area contributed by atoms with Crippen LogP contribution in [0.1, 0.15) is 38.5 Å². The summed E-state index contributed by atoms with van der Waals surface area (Å²) in [7, 11) is 0. The van der Waals surface area contributed by atoms with E-state index in [0.29, 0.717) is 41.8 Å². The lowest BCUT2D eigenvalue weighted by molar-refractivity contribution is -0.123. The van der Waals surface area contributed by atoms with Gasteiger partial charge in [-0.25, -0.2) is 0 Å². The molecule has 1 aliphatic rings. The van der Waals surface area contributed by atoms with Crippen LogP contribution in [0.2, 0.25) is 10.0 Å². The van der Waals surface area contributed by atoms with Gasteiger partial charge in [0.1, 0.15) is 10.8 Å². The molecule has 0 heterocycles. The molecule has 0 saturated heterocycles. The average Bonchev–Trinajstić information content (AvgIpc) is 2.97. The van der Waals surface area contributed by atoms with Crippen LogP contribution in [0.4, 0.5) is 0 Å². The van der Waals surface area contributed by atoms with Crippen LogP contribution in [0.25, 0.3) is 0 Å². The van der Waals surface area contributed by atoms with Crippen molar-refractivity contribution in [1.29, 1.82) is 0 Å². The van der Waals surface area contributed by atoms with Gasteiger partial charge in [-0.15, -0.1) is 0 Å². The fourth-order valence-electron chi connectivity index (χ4n) is 2.80. The van der Waals surface area contributed by atoms with Crippen molar-refractivity contribution in [3.63, 3.8) is 0 Å². The van der Waals surface area contributed by atoms with Crippen molar-refractivity contribution in [1.82, 2.24) is 5.32 Å². The van der Waals surface area contributed by atoms with Gasteiger partial charge in [0.05, 0.1) is 17.2 Å². The van der Waals surface area contributed by atoms with Crippen LogP contribution in [0.3, 0.4) is 0 Å². The predicted octanol–water partition coefficient (Wildman–Crippen LogP) is 3.54. The van der Waals surface area contributed by atoms with E-state index in [1.165, 1.54) is 0 Å². The Balaban J connectivity index is 1.72. The Morgan fingerprint density at radius 3 is 2.73 bits per heavy atom. The minimum atomic E-state index is -0.186. The zero-order valence-electron chi connectivity index (χ0n) is 12.5. The van der Waals surface area contributed by atoms with E-state index in [1.807, 2.05) is 0 Å². The molecule has 3 N–H and O–H groups in total. The molecule has 1 aromatic rings.